The summed E-state index contributed by atoms with van der Waals surface area (Å²) in [5, 5.41) is 0.997. The Balaban J connectivity index is 2.01. The molecule has 0 radical (unpaired) electrons. The highest BCUT2D eigenvalue weighted by Gasteiger charge is 2.07. The molecule has 0 N–H and O–H groups in total. The zero-order valence-electron chi connectivity index (χ0n) is 10.00. The Morgan fingerprint density at radius 1 is 0.895 bits per heavy atom. The van der Waals surface area contributed by atoms with E-state index in [1.165, 1.54) is 3.57 Å². The highest BCUT2D eigenvalue weighted by atomic mass is 127. The molecule has 0 saturated heterocycles. The van der Waals surface area contributed by atoms with Gasteiger partial charge in [0.2, 0.25) is 0 Å². The number of Topliss-reactive ketones (excluding diaryl/α,β-unsaturated/α-hetero) is 1. The molecular formula is C15H11Cl2IO. The van der Waals surface area contributed by atoms with Crippen molar-refractivity contribution in [2.45, 2.75) is 12.8 Å². The number of halogens is 3. The summed E-state index contributed by atoms with van der Waals surface area (Å²) < 4.78 is 1.17. The first-order chi connectivity index (χ1) is 9.04. The van der Waals surface area contributed by atoms with Crippen molar-refractivity contribution < 1.29 is 4.79 Å². The quantitative estimate of drug-likeness (QED) is 0.658. The zero-order valence-corrected chi connectivity index (χ0v) is 13.7. The van der Waals surface area contributed by atoms with Gasteiger partial charge in [0.05, 0.1) is 10.0 Å². The van der Waals surface area contributed by atoms with Crippen molar-refractivity contribution >= 4 is 51.6 Å². The van der Waals surface area contributed by atoms with Crippen molar-refractivity contribution in [3.05, 3.63) is 67.2 Å². The van der Waals surface area contributed by atoms with Crippen molar-refractivity contribution in [3.8, 4) is 0 Å². The molecule has 0 unspecified atom stereocenters. The van der Waals surface area contributed by atoms with Gasteiger partial charge in [0.1, 0.15) is 5.78 Å². The summed E-state index contributed by atoms with van der Waals surface area (Å²) in [6, 6.07) is 13.3. The Labute approximate surface area is 136 Å². The number of carbonyl (C=O) groups is 1. The maximum atomic E-state index is 12.0. The van der Waals surface area contributed by atoms with Gasteiger partial charge in [0.15, 0.2) is 0 Å². The SMILES string of the molecule is O=C(Cc1ccc(I)cc1)Cc1ccc(Cl)c(Cl)c1. The largest absolute Gasteiger partial charge is 0.299 e. The molecule has 0 aromatic heterocycles. The standard InChI is InChI=1S/C15H11Cl2IO/c16-14-6-3-11(9-15(14)17)8-13(19)7-10-1-4-12(18)5-2-10/h1-6,9H,7-8H2. The average Bonchev–Trinajstić information content (AvgIpc) is 2.37. The van der Waals surface area contributed by atoms with E-state index in [1.54, 1.807) is 12.1 Å². The lowest BCUT2D eigenvalue weighted by molar-refractivity contribution is -0.117. The normalized spacial score (nSPS) is 10.5. The second-order valence-corrected chi connectivity index (χ2v) is 6.33. The second-order valence-electron chi connectivity index (χ2n) is 4.27. The van der Waals surface area contributed by atoms with Gasteiger partial charge in [0, 0.05) is 16.4 Å². The Morgan fingerprint density at radius 2 is 1.47 bits per heavy atom. The molecule has 1 nitrogen and oxygen atoms in total. The van der Waals surface area contributed by atoms with Gasteiger partial charge < -0.3 is 0 Å². The molecule has 98 valence electrons. The van der Waals surface area contributed by atoms with Gasteiger partial charge in [-0.05, 0) is 58.0 Å². The number of ketones is 1. The monoisotopic (exact) mass is 404 g/mol. The third-order valence-corrected chi connectivity index (χ3v) is 4.16. The smallest absolute Gasteiger partial charge is 0.141 e. The van der Waals surface area contributed by atoms with Crippen molar-refractivity contribution in [3.63, 3.8) is 0 Å². The maximum Gasteiger partial charge on any atom is 0.141 e. The first-order valence-corrected chi connectivity index (χ1v) is 7.58. The molecule has 2 aromatic rings. The van der Waals surface area contributed by atoms with Gasteiger partial charge in [0.25, 0.3) is 0 Å². The van der Waals surface area contributed by atoms with E-state index >= 15 is 0 Å². The van der Waals surface area contributed by atoms with Crippen molar-refractivity contribution in [2.75, 3.05) is 0 Å². The van der Waals surface area contributed by atoms with E-state index in [9.17, 15) is 4.79 Å². The van der Waals surface area contributed by atoms with E-state index in [0.717, 1.165) is 11.1 Å². The number of rotatable bonds is 4. The van der Waals surface area contributed by atoms with E-state index in [4.69, 9.17) is 23.2 Å². The Morgan fingerprint density at radius 3 is 2.11 bits per heavy atom. The molecule has 19 heavy (non-hydrogen) atoms. The molecule has 2 aromatic carbocycles. The molecule has 0 heterocycles. The van der Waals surface area contributed by atoms with Crippen LogP contribution in [0.15, 0.2) is 42.5 Å². The molecule has 0 bridgehead atoms. The molecule has 0 aliphatic heterocycles. The molecule has 0 fully saturated rings. The highest BCUT2D eigenvalue weighted by Crippen LogP contribution is 2.23. The molecular weight excluding hydrogens is 394 g/mol. The lowest BCUT2D eigenvalue weighted by atomic mass is 10.0. The summed E-state index contributed by atoms with van der Waals surface area (Å²) in [5.41, 5.74) is 1.93. The average molecular weight is 405 g/mol. The van der Waals surface area contributed by atoms with Gasteiger partial charge in [-0.2, -0.15) is 0 Å². The zero-order chi connectivity index (χ0) is 13.8. The van der Waals surface area contributed by atoms with Crippen LogP contribution in [-0.2, 0) is 17.6 Å². The second kappa shape index (κ2) is 6.73. The van der Waals surface area contributed by atoms with Crippen molar-refractivity contribution in [2.24, 2.45) is 0 Å². The van der Waals surface area contributed by atoms with Gasteiger partial charge >= 0.3 is 0 Å². The number of carbonyl (C=O) groups excluding carboxylic acids is 1. The van der Waals surface area contributed by atoms with Crippen molar-refractivity contribution in [1.82, 2.24) is 0 Å². The molecule has 2 rings (SSSR count). The molecule has 0 spiro atoms. The van der Waals surface area contributed by atoms with Crippen LogP contribution in [0.2, 0.25) is 10.0 Å². The van der Waals surface area contributed by atoms with Crippen LogP contribution in [-0.4, -0.2) is 5.78 Å². The van der Waals surface area contributed by atoms with Crippen LogP contribution in [0.5, 0.6) is 0 Å². The van der Waals surface area contributed by atoms with Gasteiger partial charge in [-0.1, -0.05) is 41.4 Å². The third-order valence-electron chi connectivity index (χ3n) is 2.70. The number of benzene rings is 2. The summed E-state index contributed by atoms with van der Waals surface area (Å²) in [5.74, 6) is 0.166. The fourth-order valence-electron chi connectivity index (χ4n) is 1.77. The first kappa shape index (κ1) is 14.8. The van der Waals surface area contributed by atoms with Gasteiger partial charge in [-0.3, -0.25) is 4.79 Å². The fraction of sp³-hybridized carbons (Fsp3) is 0.133. The van der Waals surface area contributed by atoms with Crippen LogP contribution in [0, 0.1) is 3.57 Å². The molecule has 0 amide bonds. The van der Waals surface area contributed by atoms with Gasteiger partial charge in [-0.25, -0.2) is 0 Å². The summed E-state index contributed by atoms with van der Waals surface area (Å²) in [7, 11) is 0. The molecule has 0 saturated carbocycles. The maximum absolute atomic E-state index is 12.0. The van der Waals surface area contributed by atoms with Crippen molar-refractivity contribution in [1.29, 1.82) is 0 Å². The number of hydrogen-bond donors (Lipinski definition) is 0. The van der Waals surface area contributed by atoms with E-state index in [-0.39, 0.29) is 5.78 Å². The Bertz CT molecular complexity index is 594. The third kappa shape index (κ3) is 4.48. The minimum Gasteiger partial charge on any atom is -0.299 e. The topological polar surface area (TPSA) is 17.1 Å². The minimum atomic E-state index is 0.166. The molecule has 0 aliphatic rings. The summed E-state index contributed by atoms with van der Waals surface area (Å²) >= 11 is 14.0. The highest BCUT2D eigenvalue weighted by molar-refractivity contribution is 14.1. The predicted octanol–water partition coefficient (Wildman–Crippen LogP) is 4.95. The molecule has 0 atom stereocenters. The van der Waals surface area contributed by atoms with E-state index in [0.29, 0.717) is 22.9 Å². The number of hydrogen-bond acceptors (Lipinski definition) is 1. The van der Waals surface area contributed by atoms with E-state index in [1.807, 2.05) is 30.3 Å². The summed E-state index contributed by atoms with van der Waals surface area (Å²) in [6.45, 7) is 0. The van der Waals surface area contributed by atoms with Gasteiger partial charge in [-0.15, -0.1) is 0 Å². The van der Waals surface area contributed by atoms with Crippen LogP contribution >= 0.6 is 45.8 Å². The lowest BCUT2D eigenvalue weighted by Crippen LogP contribution is -2.06. The molecule has 0 aliphatic carbocycles. The Kier molecular flexibility index (Phi) is 5.25. The van der Waals surface area contributed by atoms with Crippen LogP contribution in [0.4, 0.5) is 0 Å². The predicted molar refractivity (Wildman–Crippen MR) is 88.0 cm³/mol. The van der Waals surface area contributed by atoms with Crippen LogP contribution in [0.25, 0.3) is 0 Å². The molecule has 4 heteroatoms. The van der Waals surface area contributed by atoms with Crippen LogP contribution < -0.4 is 0 Å². The fourth-order valence-corrected chi connectivity index (χ4v) is 2.45. The summed E-state index contributed by atoms with van der Waals surface area (Å²) in [6.07, 6.45) is 0.819. The van der Waals surface area contributed by atoms with E-state index in [2.05, 4.69) is 22.6 Å². The lowest BCUT2D eigenvalue weighted by Gasteiger charge is -2.04. The van der Waals surface area contributed by atoms with Crippen LogP contribution in [0.1, 0.15) is 11.1 Å². The minimum absolute atomic E-state index is 0.166. The Hall–Kier alpha value is -0.580. The first-order valence-electron chi connectivity index (χ1n) is 5.74. The van der Waals surface area contributed by atoms with Crippen LogP contribution in [0.3, 0.4) is 0 Å². The van der Waals surface area contributed by atoms with E-state index < -0.39 is 0 Å². The summed E-state index contributed by atoms with van der Waals surface area (Å²) in [4.78, 5) is 12.0.